The van der Waals surface area contributed by atoms with E-state index in [0.717, 1.165) is 0 Å². The number of hydrogen-bond acceptors (Lipinski definition) is 15. The Bertz CT molecular complexity index is 1680. The first kappa shape index (κ1) is 33.3. The summed E-state index contributed by atoms with van der Waals surface area (Å²) in [5.74, 6) is 1.02. The van der Waals surface area contributed by atoms with Gasteiger partial charge in [-0.3, -0.25) is 10.6 Å². The minimum absolute atomic E-state index is 0.0175. The maximum absolute atomic E-state index is 13.7. The van der Waals surface area contributed by atoms with Gasteiger partial charge in [-0.2, -0.15) is 0 Å². The van der Waals surface area contributed by atoms with E-state index in [9.17, 15) is 19.5 Å². The van der Waals surface area contributed by atoms with Crippen molar-refractivity contribution < 1.29 is 71.6 Å². The number of methoxy groups -OCH3 is 3. The highest BCUT2D eigenvalue weighted by Crippen LogP contribution is 2.37. The van der Waals surface area contributed by atoms with Gasteiger partial charge in [0.15, 0.2) is 47.6 Å². The van der Waals surface area contributed by atoms with Crippen LogP contribution < -0.4 is 39.1 Å². The molecule has 3 aliphatic heterocycles. The van der Waals surface area contributed by atoms with Crippen molar-refractivity contribution >= 4 is 29.5 Å². The van der Waals surface area contributed by atoms with E-state index < -0.39 is 55.5 Å². The molecular weight excluding hydrogens is 652 g/mol. The van der Waals surface area contributed by atoms with E-state index in [1.54, 1.807) is 30.3 Å². The number of amides is 2. The maximum atomic E-state index is 13.7. The molecule has 5 atom stereocenters. The topological polar surface area (TPSA) is 197 Å². The van der Waals surface area contributed by atoms with Crippen molar-refractivity contribution in [2.45, 2.75) is 30.7 Å². The van der Waals surface area contributed by atoms with Gasteiger partial charge in [-0.15, -0.1) is 0 Å². The third-order valence-corrected chi connectivity index (χ3v) is 7.60. The molecule has 3 N–H and O–H groups in total. The lowest BCUT2D eigenvalue weighted by Crippen LogP contribution is -2.63. The zero-order valence-electron chi connectivity index (χ0n) is 26.4. The molecule has 3 aromatic rings. The monoisotopic (exact) mass is 684 g/mol. The Kier molecular flexibility index (Phi) is 9.93. The van der Waals surface area contributed by atoms with Gasteiger partial charge >= 0.3 is 18.2 Å². The van der Waals surface area contributed by atoms with Crippen molar-refractivity contribution in [3.8, 4) is 34.5 Å². The number of anilines is 2. The molecular formula is C32H32N2O15. The van der Waals surface area contributed by atoms with Crippen molar-refractivity contribution in [3.05, 3.63) is 60.2 Å². The Balaban J connectivity index is 1.29. The van der Waals surface area contributed by atoms with Crippen LogP contribution in [0.3, 0.4) is 0 Å². The van der Waals surface area contributed by atoms with Crippen LogP contribution >= 0.6 is 0 Å². The summed E-state index contributed by atoms with van der Waals surface area (Å²) < 4.78 is 60.7. The average molecular weight is 685 g/mol. The van der Waals surface area contributed by atoms with Crippen LogP contribution in [0.5, 0.6) is 34.5 Å². The number of fused-ring (bicyclic) bond motifs is 2. The van der Waals surface area contributed by atoms with Crippen molar-refractivity contribution in [2.24, 2.45) is 0 Å². The molecule has 2 amide bonds. The zero-order valence-corrected chi connectivity index (χ0v) is 26.4. The van der Waals surface area contributed by atoms with E-state index in [4.69, 9.17) is 52.1 Å². The SMILES string of the molecule is COc1cccc(OC)c1C(=O)O[C@H]1[C@H](OC(=O)Nc2ccc3c(c2)OCO3)[C@@H](OC(=O)Nc2ccc3c(c2)OCO3)[C@@H](OC)O[C@@H]1CO. The Morgan fingerprint density at radius 3 is 1.76 bits per heavy atom. The van der Waals surface area contributed by atoms with Gasteiger partial charge in [0.1, 0.15) is 23.2 Å². The van der Waals surface area contributed by atoms with Crippen LogP contribution in [0, 0.1) is 0 Å². The number of nitrogens with one attached hydrogen (secondary N) is 2. The van der Waals surface area contributed by atoms with Gasteiger partial charge < -0.3 is 57.2 Å². The van der Waals surface area contributed by atoms with Crippen molar-refractivity contribution in [1.29, 1.82) is 0 Å². The fraction of sp³-hybridized carbons (Fsp3) is 0.344. The van der Waals surface area contributed by atoms with Crippen LogP contribution in [0.4, 0.5) is 21.0 Å². The van der Waals surface area contributed by atoms with Crippen LogP contribution in [0.1, 0.15) is 10.4 Å². The fourth-order valence-electron chi connectivity index (χ4n) is 5.34. The predicted octanol–water partition coefficient (Wildman–Crippen LogP) is 3.28. The summed E-state index contributed by atoms with van der Waals surface area (Å²) in [4.78, 5) is 40.3. The van der Waals surface area contributed by atoms with E-state index >= 15 is 0 Å². The van der Waals surface area contributed by atoms with Crippen LogP contribution in [-0.4, -0.2) is 95.5 Å². The Morgan fingerprint density at radius 2 is 1.24 bits per heavy atom. The molecule has 49 heavy (non-hydrogen) atoms. The van der Waals surface area contributed by atoms with Crippen LogP contribution in [0.15, 0.2) is 54.6 Å². The maximum Gasteiger partial charge on any atom is 0.412 e. The minimum atomic E-state index is -1.61. The van der Waals surface area contributed by atoms with Gasteiger partial charge in [0.25, 0.3) is 0 Å². The normalized spacial score (nSPS) is 21.7. The fourth-order valence-corrected chi connectivity index (χ4v) is 5.34. The third-order valence-electron chi connectivity index (χ3n) is 7.60. The first-order valence-corrected chi connectivity index (χ1v) is 14.8. The Labute approximate surface area is 278 Å². The van der Waals surface area contributed by atoms with E-state index in [-0.39, 0.29) is 42.0 Å². The lowest BCUT2D eigenvalue weighted by atomic mass is 9.98. The molecule has 0 bridgehead atoms. The Hall–Kier alpha value is -5.65. The third kappa shape index (κ3) is 7.13. The molecule has 0 radical (unpaired) electrons. The molecule has 0 saturated carbocycles. The molecule has 3 aromatic carbocycles. The van der Waals surface area contributed by atoms with E-state index in [1.165, 1.54) is 45.6 Å². The molecule has 1 saturated heterocycles. The molecule has 17 heteroatoms. The van der Waals surface area contributed by atoms with Crippen LogP contribution in [0.25, 0.3) is 0 Å². The zero-order chi connectivity index (χ0) is 34.5. The van der Waals surface area contributed by atoms with E-state index in [0.29, 0.717) is 23.0 Å². The highest BCUT2D eigenvalue weighted by Gasteiger charge is 2.53. The number of hydrogen-bond donors (Lipinski definition) is 3. The highest BCUT2D eigenvalue weighted by molar-refractivity contribution is 5.96. The van der Waals surface area contributed by atoms with Crippen molar-refractivity contribution in [2.75, 3.05) is 52.2 Å². The Morgan fingerprint density at radius 1 is 0.714 bits per heavy atom. The van der Waals surface area contributed by atoms with Gasteiger partial charge in [0, 0.05) is 30.6 Å². The predicted molar refractivity (Wildman–Crippen MR) is 164 cm³/mol. The second-order valence-corrected chi connectivity index (χ2v) is 10.5. The smallest absolute Gasteiger partial charge is 0.412 e. The lowest BCUT2D eigenvalue weighted by molar-refractivity contribution is -0.290. The number of aliphatic hydroxyl groups excluding tert-OH is 1. The van der Waals surface area contributed by atoms with E-state index in [2.05, 4.69) is 10.6 Å². The summed E-state index contributed by atoms with van der Waals surface area (Å²) in [5, 5.41) is 15.5. The quantitative estimate of drug-likeness (QED) is 0.208. The number of rotatable bonds is 10. The lowest BCUT2D eigenvalue weighted by Gasteiger charge is -2.43. The molecule has 0 aromatic heterocycles. The first-order chi connectivity index (χ1) is 23.8. The van der Waals surface area contributed by atoms with Crippen LogP contribution in [0.2, 0.25) is 0 Å². The molecule has 1 fully saturated rings. The summed E-state index contributed by atoms with van der Waals surface area (Å²) in [6.45, 7) is -0.678. The van der Waals surface area contributed by atoms with Gasteiger partial charge in [-0.1, -0.05) is 6.07 Å². The molecule has 0 aliphatic carbocycles. The molecule has 3 aliphatic rings. The number of carbonyl (C=O) groups excluding carboxylic acids is 3. The largest absolute Gasteiger partial charge is 0.496 e. The molecule has 3 heterocycles. The molecule has 260 valence electrons. The van der Waals surface area contributed by atoms with Gasteiger partial charge in [0.05, 0.1) is 20.8 Å². The van der Waals surface area contributed by atoms with Gasteiger partial charge in [-0.25, -0.2) is 14.4 Å². The average Bonchev–Trinajstić information content (AvgIpc) is 3.78. The second-order valence-electron chi connectivity index (χ2n) is 10.5. The van der Waals surface area contributed by atoms with Gasteiger partial charge in [0.2, 0.25) is 13.6 Å². The van der Waals surface area contributed by atoms with Gasteiger partial charge in [-0.05, 0) is 36.4 Å². The van der Waals surface area contributed by atoms with E-state index in [1.807, 2.05) is 0 Å². The second kappa shape index (κ2) is 14.6. The first-order valence-electron chi connectivity index (χ1n) is 14.8. The summed E-state index contributed by atoms with van der Waals surface area (Å²) in [6, 6.07) is 14.0. The number of benzene rings is 3. The van der Waals surface area contributed by atoms with Crippen molar-refractivity contribution in [1.82, 2.24) is 0 Å². The summed E-state index contributed by atoms with van der Waals surface area (Å²) in [6.07, 6.45) is -9.52. The molecule has 6 rings (SSSR count). The molecule has 0 unspecified atom stereocenters. The highest BCUT2D eigenvalue weighted by atomic mass is 16.7. The van der Waals surface area contributed by atoms with Crippen LogP contribution in [-0.2, 0) is 23.7 Å². The number of aliphatic hydroxyl groups is 1. The summed E-state index contributed by atoms with van der Waals surface area (Å²) in [7, 11) is 3.95. The molecule has 0 spiro atoms. The summed E-state index contributed by atoms with van der Waals surface area (Å²) in [5.41, 5.74) is 0.464. The minimum Gasteiger partial charge on any atom is -0.496 e. The number of esters is 1. The number of ether oxygens (including phenoxy) is 11. The summed E-state index contributed by atoms with van der Waals surface area (Å²) >= 11 is 0. The molecule has 17 nitrogen and oxygen atoms in total. The number of carbonyl (C=O) groups is 3. The van der Waals surface area contributed by atoms with Crippen molar-refractivity contribution in [3.63, 3.8) is 0 Å². The standard InChI is InChI=1S/C32H32N2O15/c1-39-20-5-4-6-21(40-2)25(20)29(36)47-26-24(13-35)46-30(41-3)28(49-32(38)34-17-8-10-19-23(12-17)45-15-43-19)27(26)48-31(37)33-16-7-9-18-22(11-16)44-14-42-18/h4-12,24,26-28,30,35H,13-15H2,1-3H3,(H,33,37)(H,34,38)/t24-,26-,27+,28-,30+/m1/s1.